The van der Waals surface area contributed by atoms with E-state index in [1.807, 2.05) is 0 Å². The predicted molar refractivity (Wildman–Crippen MR) is 78.6 cm³/mol. The molecule has 2 aliphatic rings. The summed E-state index contributed by atoms with van der Waals surface area (Å²) in [5.41, 5.74) is 4.28. The number of aryl methyl sites for hydroxylation is 1. The van der Waals surface area contributed by atoms with Gasteiger partial charge in [0.2, 0.25) is 11.8 Å². The summed E-state index contributed by atoms with van der Waals surface area (Å²) in [4.78, 5) is 24.8. The summed E-state index contributed by atoms with van der Waals surface area (Å²) in [6.07, 6.45) is 4.27. The second-order valence-electron chi connectivity index (χ2n) is 5.38. The van der Waals surface area contributed by atoms with E-state index in [4.69, 9.17) is 0 Å². The lowest BCUT2D eigenvalue weighted by Crippen LogP contribution is -2.41. The van der Waals surface area contributed by atoms with Crippen LogP contribution in [-0.2, 0) is 22.4 Å². The summed E-state index contributed by atoms with van der Waals surface area (Å²) in [6, 6.07) is 1.69. The Morgan fingerprint density at radius 1 is 1.48 bits per heavy atom. The maximum absolute atomic E-state index is 12.3. The van der Waals surface area contributed by atoms with Gasteiger partial charge in [0.1, 0.15) is 17.1 Å². The van der Waals surface area contributed by atoms with Crippen LogP contribution in [0.1, 0.15) is 35.3 Å². The molecule has 1 saturated heterocycles. The molecule has 7 heteroatoms. The number of hydrogen-bond acceptors (Lipinski definition) is 5. The number of nitrogens with one attached hydrogen (secondary N) is 2. The van der Waals surface area contributed by atoms with E-state index in [1.165, 1.54) is 21.2 Å². The number of anilines is 1. The first-order valence-corrected chi connectivity index (χ1v) is 7.79. The molecule has 2 heterocycles. The molecule has 3 rings (SSSR count). The number of carbonyl (C=O) groups is 2. The lowest BCUT2D eigenvalue weighted by molar-refractivity contribution is -0.121. The Morgan fingerprint density at radius 3 is 2.90 bits per heavy atom. The number of hydrazine groups is 1. The van der Waals surface area contributed by atoms with Crippen LogP contribution in [0.25, 0.3) is 0 Å². The molecule has 2 N–H and O–H groups in total. The van der Waals surface area contributed by atoms with E-state index in [-0.39, 0.29) is 18.2 Å². The molecule has 1 fully saturated rings. The van der Waals surface area contributed by atoms with Crippen molar-refractivity contribution >= 4 is 28.2 Å². The van der Waals surface area contributed by atoms with Gasteiger partial charge in [-0.25, -0.2) is 5.01 Å². The minimum Gasteiger partial charge on any atom is -0.315 e. The molecular formula is C14H16N4O2S. The SMILES string of the molecule is CN1NC(=O)C[C@@H]1C(=O)Nc1sc2c(c1C#N)CCCC2. The number of amides is 2. The Labute approximate surface area is 126 Å². The Morgan fingerprint density at radius 2 is 2.24 bits per heavy atom. The first-order valence-electron chi connectivity index (χ1n) is 6.98. The van der Waals surface area contributed by atoms with Crippen molar-refractivity contribution in [3.8, 4) is 6.07 Å². The van der Waals surface area contributed by atoms with Gasteiger partial charge in [0, 0.05) is 11.9 Å². The molecule has 1 atom stereocenters. The van der Waals surface area contributed by atoms with Gasteiger partial charge in [0.05, 0.1) is 12.0 Å². The van der Waals surface area contributed by atoms with Crippen LogP contribution in [0.15, 0.2) is 0 Å². The van der Waals surface area contributed by atoms with E-state index in [0.717, 1.165) is 31.2 Å². The van der Waals surface area contributed by atoms with Crippen molar-refractivity contribution in [1.29, 1.82) is 5.26 Å². The zero-order valence-electron chi connectivity index (χ0n) is 11.7. The van der Waals surface area contributed by atoms with E-state index in [1.54, 1.807) is 7.05 Å². The highest BCUT2D eigenvalue weighted by atomic mass is 32.1. The number of fused-ring (bicyclic) bond motifs is 1. The zero-order valence-corrected chi connectivity index (χ0v) is 12.5. The van der Waals surface area contributed by atoms with Gasteiger partial charge in [-0.15, -0.1) is 11.3 Å². The monoisotopic (exact) mass is 304 g/mol. The van der Waals surface area contributed by atoms with Crippen LogP contribution in [-0.4, -0.2) is 29.9 Å². The van der Waals surface area contributed by atoms with Crippen LogP contribution in [0.3, 0.4) is 0 Å². The quantitative estimate of drug-likeness (QED) is 0.859. The molecule has 6 nitrogen and oxygen atoms in total. The first-order chi connectivity index (χ1) is 10.1. The fourth-order valence-electron chi connectivity index (χ4n) is 2.87. The van der Waals surface area contributed by atoms with Crippen molar-refractivity contribution in [3.63, 3.8) is 0 Å². The minimum atomic E-state index is -0.525. The number of thiophene rings is 1. The van der Waals surface area contributed by atoms with Crippen molar-refractivity contribution in [1.82, 2.24) is 10.4 Å². The van der Waals surface area contributed by atoms with Crippen LogP contribution in [0.5, 0.6) is 0 Å². The highest BCUT2D eigenvalue weighted by Gasteiger charge is 2.34. The molecule has 0 bridgehead atoms. The van der Waals surface area contributed by atoms with E-state index >= 15 is 0 Å². The number of rotatable bonds is 2. The smallest absolute Gasteiger partial charge is 0.244 e. The van der Waals surface area contributed by atoms with Crippen molar-refractivity contribution < 1.29 is 9.59 Å². The fraction of sp³-hybridized carbons (Fsp3) is 0.500. The second-order valence-corrected chi connectivity index (χ2v) is 6.49. The largest absolute Gasteiger partial charge is 0.315 e. The third kappa shape index (κ3) is 2.52. The zero-order chi connectivity index (χ0) is 15.0. The molecule has 110 valence electrons. The number of nitrogens with zero attached hydrogens (tertiary/aromatic N) is 2. The van der Waals surface area contributed by atoms with Gasteiger partial charge >= 0.3 is 0 Å². The molecule has 2 amide bonds. The van der Waals surface area contributed by atoms with Crippen LogP contribution in [0.4, 0.5) is 5.00 Å². The first kappa shape index (κ1) is 14.0. The average Bonchev–Trinajstić information content (AvgIpc) is 2.97. The maximum Gasteiger partial charge on any atom is 0.244 e. The van der Waals surface area contributed by atoms with Gasteiger partial charge in [-0.3, -0.25) is 15.0 Å². The summed E-state index contributed by atoms with van der Waals surface area (Å²) in [7, 11) is 1.67. The van der Waals surface area contributed by atoms with Crippen LogP contribution in [0, 0.1) is 11.3 Å². The minimum absolute atomic E-state index is 0.148. The number of nitriles is 1. The number of hydrogen-bond donors (Lipinski definition) is 2. The van der Waals surface area contributed by atoms with E-state index in [0.29, 0.717) is 10.6 Å². The standard InChI is InChI=1S/C14H16N4O2S/c1-18-10(6-12(19)17-18)13(20)16-14-9(7-15)8-4-2-3-5-11(8)21-14/h10H,2-6H2,1H3,(H,16,20)(H,17,19)/t10-/m1/s1. The van der Waals surface area contributed by atoms with Crippen LogP contribution < -0.4 is 10.7 Å². The molecule has 21 heavy (non-hydrogen) atoms. The van der Waals surface area contributed by atoms with Crippen molar-refractivity contribution in [2.24, 2.45) is 0 Å². The summed E-state index contributed by atoms with van der Waals surface area (Å²) in [6.45, 7) is 0. The predicted octanol–water partition coefficient (Wildman–Crippen LogP) is 1.17. The summed E-state index contributed by atoms with van der Waals surface area (Å²) < 4.78 is 0. The normalized spacial score (nSPS) is 21.5. The molecule has 0 unspecified atom stereocenters. The van der Waals surface area contributed by atoms with Crippen LogP contribution in [0.2, 0.25) is 0 Å². The third-order valence-electron chi connectivity index (χ3n) is 3.97. The van der Waals surface area contributed by atoms with Gasteiger partial charge in [0.25, 0.3) is 0 Å². The third-order valence-corrected chi connectivity index (χ3v) is 5.18. The highest BCUT2D eigenvalue weighted by Crippen LogP contribution is 2.37. The van der Waals surface area contributed by atoms with Gasteiger partial charge in [0.15, 0.2) is 0 Å². The molecule has 1 aromatic heterocycles. The molecule has 0 radical (unpaired) electrons. The Hall–Kier alpha value is -1.91. The van der Waals surface area contributed by atoms with Gasteiger partial charge in [-0.1, -0.05) is 0 Å². The fourth-order valence-corrected chi connectivity index (χ4v) is 4.11. The Balaban J connectivity index is 1.82. The molecule has 0 spiro atoms. The van der Waals surface area contributed by atoms with Crippen LogP contribution >= 0.6 is 11.3 Å². The lowest BCUT2D eigenvalue weighted by Gasteiger charge is -2.16. The topological polar surface area (TPSA) is 85.2 Å². The second kappa shape index (κ2) is 5.47. The molecular weight excluding hydrogens is 288 g/mol. The number of carbonyl (C=O) groups excluding carboxylic acids is 2. The lowest BCUT2D eigenvalue weighted by atomic mass is 9.96. The maximum atomic E-state index is 12.3. The van der Waals surface area contributed by atoms with E-state index < -0.39 is 6.04 Å². The summed E-state index contributed by atoms with van der Waals surface area (Å²) >= 11 is 1.50. The Bertz CT molecular complexity index is 646. The van der Waals surface area contributed by atoms with Crippen molar-refractivity contribution in [2.45, 2.75) is 38.1 Å². The molecule has 0 saturated carbocycles. The molecule has 1 aliphatic heterocycles. The summed E-state index contributed by atoms with van der Waals surface area (Å²) in [5, 5.41) is 14.3. The molecule has 1 aliphatic carbocycles. The van der Waals surface area contributed by atoms with Gasteiger partial charge in [-0.2, -0.15) is 5.26 Å². The van der Waals surface area contributed by atoms with Gasteiger partial charge in [-0.05, 0) is 31.2 Å². The van der Waals surface area contributed by atoms with Gasteiger partial charge < -0.3 is 5.32 Å². The number of likely N-dealkylation sites (N-methyl/N-ethyl adjacent to an activating group) is 1. The van der Waals surface area contributed by atoms with E-state index in [9.17, 15) is 14.9 Å². The summed E-state index contributed by atoms with van der Waals surface area (Å²) in [5.74, 6) is -0.408. The van der Waals surface area contributed by atoms with Crippen molar-refractivity contribution in [2.75, 3.05) is 12.4 Å². The van der Waals surface area contributed by atoms with Crippen molar-refractivity contribution in [3.05, 3.63) is 16.0 Å². The van der Waals surface area contributed by atoms with E-state index in [2.05, 4.69) is 16.8 Å². The molecule has 1 aromatic rings. The average molecular weight is 304 g/mol. The highest BCUT2D eigenvalue weighted by molar-refractivity contribution is 7.16. The Kier molecular flexibility index (Phi) is 3.66. The molecule has 0 aromatic carbocycles.